The molecule has 1 amide bonds. The van der Waals surface area contributed by atoms with Gasteiger partial charge in [-0.2, -0.15) is 0 Å². The zero-order valence-electron chi connectivity index (χ0n) is 14.4. The van der Waals surface area contributed by atoms with Gasteiger partial charge in [0.2, 0.25) is 5.91 Å². The van der Waals surface area contributed by atoms with E-state index in [4.69, 9.17) is 9.47 Å². The van der Waals surface area contributed by atoms with Crippen LogP contribution in [0.5, 0.6) is 5.75 Å². The number of benzene rings is 2. The van der Waals surface area contributed by atoms with Crippen LogP contribution in [0.15, 0.2) is 48.5 Å². The molecule has 0 spiro atoms. The van der Waals surface area contributed by atoms with Gasteiger partial charge in [0, 0.05) is 13.2 Å². The molecule has 0 atom stereocenters. The first kappa shape index (κ1) is 18.0. The molecule has 0 unspecified atom stereocenters. The van der Waals surface area contributed by atoms with Crippen LogP contribution in [0.2, 0.25) is 0 Å². The summed E-state index contributed by atoms with van der Waals surface area (Å²) in [4.78, 5) is 12.0. The number of hydrogen-bond donors (Lipinski definition) is 1. The summed E-state index contributed by atoms with van der Waals surface area (Å²) in [6.45, 7) is 6.09. The van der Waals surface area contributed by atoms with Crippen LogP contribution in [0.3, 0.4) is 0 Å². The molecule has 24 heavy (non-hydrogen) atoms. The lowest BCUT2D eigenvalue weighted by atomic mass is 10.1. The van der Waals surface area contributed by atoms with Gasteiger partial charge in [-0.3, -0.25) is 4.79 Å². The van der Waals surface area contributed by atoms with Crippen LogP contribution in [0.4, 0.5) is 0 Å². The van der Waals surface area contributed by atoms with Gasteiger partial charge in [-0.1, -0.05) is 42.5 Å². The minimum absolute atomic E-state index is 0.0187. The molecule has 0 radical (unpaired) electrons. The van der Waals surface area contributed by atoms with Crippen molar-refractivity contribution in [1.29, 1.82) is 0 Å². The van der Waals surface area contributed by atoms with Gasteiger partial charge in [0.1, 0.15) is 5.75 Å². The maximum absolute atomic E-state index is 12.0. The van der Waals surface area contributed by atoms with Gasteiger partial charge >= 0.3 is 0 Å². The number of amides is 1. The molecule has 4 nitrogen and oxygen atoms in total. The van der Waals surface area contributed by atoms with Crippen molar-refractivity contribution in [3.05, 3.63) is 65.2 Å². The van der Waals surface area contributed by atoms with Crippen molar-refractivity contribution in [2.45, 2.75) is 33.4 Å². The van der Waals surface area contributed by atoms with E-state index < -0.39 is 0 Å². The first-order valence-corrected chi connectivity index (χ1v) is 8.30. The third-order valence-corrected chi connectivity index (χ3v) is 3.74. The summed E-state index contributed by atoms with van der Waals surface area (Å²) in [6, 6.07) is 15.8. The minimum Gasteiger partial charge on any atom is -0.493 e. The molecular weight excluding hydrogens is 302 g/mol. The van der Waals surface area contributed by atoms with E-state index in [9.17, 15) is 4.79 Å². The Hall–Kier alpha value is -2.33. The zero-order valence-corrected chi connectivity index (χ0v) is 14.4. The number of carbonyl (C=O) groups excluding carboxylic acids is 1. The fourth-order valence-electron chi connectivity index (χ4n) is 2.34. The maximum Gasteiger partial charge on any atom is 0.223 e. The molecule has 0 aliphatic rings. The van der Waals surface area contributed by atoms with Crippen LogP contribution in [-0.4, -0.2) is 19.1 Å². The Morgan fingerprint density at radius 1 is 1.04 bits per heavy atom. The lowest BCUT2D eigenvalue weighted by Crippen LogP contribution is -2.25. The molecule has 0 saturated carbocycles. The quantitative estimate of drug-likeness (QED) is 0.765. The molecule has 2 rings (SSSR count). The summed E-state index contributed by atoms with van der Waals surface area (Å²) in [5.41, 5.74) is 3.26. The average Bonchev–Trinajstić information content (AvgIpc) is 2.60. The van der Waals surface area contributed by atoms with Gasteiger partial charge in [0.15, 0.2) is 0 Å². The Bertz CT molecular complexity index is 655. The molecule has 0 fully saturated rings. The zero-order chi connectivity index (χ0) is 17.2. The fraction of sp³-hybridized carbons (Fsp3) is 0.350. The van der Waals surface area contributed by atoms with Crippen LogP contribution < -0.4 is 10.1 Å². The highest BCUT2D eigenvalue weighted by Crippen LogP contribution is 2.16. The van der Waals surface area contributed by atoms with Crippen molar-refractivity contribution in [3.8, 4) is 5.75 Å². The van der Waals surface area contributed by atoms with E-state index in [1.807, 2.05) is 62.4 Å². The summed E-state index contributed by atoms with van der Waals surface area (Å²) < 4.78 is 11.1. The minimum atomic E-state index is -0.0187. The predicted octanol–water partition coefficient (Wildman–Crippen LogP) is 3.62. The summed E-state index contributed by atoms with van der Waals surface area (Å²) in [5, 5.41) is 2.94. The van der Waals surface area contributed by atoms with Gasteiger partial charge < -0.3 is 14.8 Å². The van der Waals surface area contributed by atoms with Gasteiger partial charge in [0.25, 0.3) is 0 Å². The number of rotatable bonds is 9. The second-order valence-electron chi connectivity index (χ2n) is 5.55. The monoisotopic (exact) mass is 327 g/mol. The standard InChI is InChI=1S/C20H25NO3/c1-3-23-15-18-10-6-5-9-17(18)14-21-20(22)12-13-24-19-11-7-4-8-16(19)2/h4-11H,3,12-15H2,1-2H3,(H,21,22). The van der Waals surface area contributed by atoms with Crippen molar-refractivity contribution < 1.29 is 14.3 Å². The van der Waals surface area contributed by atoms with Gasteiger partial charge in [0.05, 0.1) is 19.6 Å². The Morgan fingerprint density at radius 3 is 2.50 bits per heavy atom. The van der Waals surface area contributed by atoms with Crippen molar-refractivity contribution in [1.82, 2.24) is 5.32 Å². The highest BCUT2D eigenvalue weighted by molar-refractivity contribution is 5.76. The van der Waals surface area contributed by atoms with Gasteiger partial charge in [-0.15, -0.1) is 0 Å². The van der Waals surface area contributed by atoms with Crippen LogP contribution >= 0.6 is 0 Å². The normalized spacial score (nSPS) is 10.4. The molecule has 4 heteroatoms. The van der Waals surface area contributed by atoms with E-state index in [0.717, 1.165) is 22.4 Å². The number of carbonyl (C=O) groups is 1. The molecule has 2 aromatic carbocycles. The third kappa shape index (κ3) is 5.70. The molecule has 2 aromatic rings. The van der Waals surface area contributed by atoms with E-state index in [2.05, 4.69) is 5.32 Å². The summed E-state index contributed by atoms with van der Waals surface area (Å²) >= 11 is 0. The summed E-state index contributed by atoms with van der Waals surface area (Å²) in [7, 11) is 0. The van der Waals surface area contributed by atoms with E-state index in [-0.39, 0.29) is 5.91 Å². The molecular formula is C20H25NO3. The number of nitrogens with one attached hydrogen (secondary N) is 1. The van der Waals surface area contributed by atoms with Crippen molar-refractivity contribution in [2.24, 2.45) is 0 Å². The summed E-state index contributed by atoms with van der Waals surface area (Å²) in [5.74, 6) is 0.808. The second kappa shape index (κ2) is 9.73. The highest BCUT2D eigenvalue weighted by atomic mass is 16.5. The van der Waals surface area contributed by atoms with Crippen LogP contribution in [0.1, 0.15) is 30.0 Å². The Morgan fingerprint density at radius 2 is 1.75 bits per heavy atom. The van der Waals surface area contributed by atoms with E-state index >= 15 is 0 Å². The van der Waals surface area contributed by atoms with Crippen molar-refractivity contribution in [2.75, 3.05) is 13.2 Å². The first-order chi connectivity index (χ1) is 11.7. The number of para-hydroxylation sites is 1. The largest absolute Gasteiger partial charge is 0.493 e. The highest BCUT2D eigenvalue weighted by Gasteiger charge is 2.06. The smallest absolute Gasteiger partial charge is 0.223 e. The Balaban J connectivity index is 1.76. The SMILES string of the molecule is CCOCc1ccccc1CNC(=O)CCOc1ccccc1C. The molecule has 0 aliphatic carbocycles. The lowest BCUT2D eigenvalue weighted by molar-refractivity contribution is -0.121. The molecule has 0 bridgehead atoms. The van der Waals surface area contributed by atoms with Gasteiger partial charge in [-0.05, 0) is 36.6 Å². The second-order valence-corrected chi connectivity index (χ2v) is 5.55. The molecule has 128 valence electrons. The van der Waals surface area contributed by atoms with E-state index in [0.29, 0.717) is 32.8 Å². The Labute approximate surface area is 143 Å². The van der Waals surface area contributed by atoms with Crippen LogP contribution in [0.25, 0.3) is 0 Å². The molecule has 0 aliphatic heterocycles. The molecule has 1 N–H and O–H groups in total. The average molecular weight is 327 g/mol. The van der Waals surface area contributed by atoms with Crippen molar-refractivity contribution >= 4 is 5.91 Å². The predicted molar refractivity (Wildman–Crippen MR) is 94.9 cm³/mol. The molecule has 0 heterocycles. The number of hydrogen-bond acceptors (Lipinski definition) is 3. The van der Waals surface area contributed by atoms with E-state index in [1.165, 1.54) is 0 Å². The lowest BCUT2D eigenvalue weighted by Gasteiger charge is -2.11. The number of aryl methyl sites for hydroxylation is 1. The van der Waals surface area contributed by atoms with Crippen molar-refractivity contribution in [3.63, 3.8) is 0 Å². The Kier molecular flexibility index (Phi) is 7.30. The maximum atomic E-state index is 12.0. The molecule has 0 aromatic heterocycles. The fourth-order valence-corrected chi connectivity index (χ4v) is 2.34. The number of ether oxygens (including phenoxy) is 2. The molecule has 0 saturated heterocycles. The third-order valence-electron chi connectivity index (χ3n) is 3.74. The van der Waals surface area contributed by atoms with Crippen LogP contribution in [-0.2, 0) is 22.7 Å². The summed E-state index contributed by atoms with van der Waals surface area (Å²) in [6.07, 6.45) is 0.335. The van der Waals surface area contributed by atoms with Crippen LogP contribution in [0, 0.1) is 6.92 Å². The van der Waals surface area contributed by atoms with Gasteiger partial charge in [-0.25, -0.2) is 0 Å². The first-order valence-electron chi connectivity index (χ1n) is 8.30. The van der Waals surface area contributed by atoms with E-state index in [1.54, 1.807) is 0 Å². The topological polar surface area (TPSA) is 47.6 Å².